The third kappa shape index (κ3) is 7.05. The van der Waals surface area contributed by atoms with Gasteiger partial charge in [-0.1, -0.05) is 41.6 Å². The molecule has 0 radical (unpaired) electrons. The summed E-state index contributed by atoms with van der Waals surface area (Å²) in [4.78, 5) is 60.5. The van der Waals surface area contributed by atoms with Crippen LogP contribution < -0.4 is 15.6 Å². The van der Waals surface area contributed by atoms with E-state index in [2.05, 4.69) is 15.5 Å². The van der Waals surface area contributed by atoms with E-state index < -0.39 is 46.5 Å². The highest BCUT2D eigenvalue weighted by Gasteiger charge is 2.54. The van der Waals surface area contributed by atoms with Crippen LogP contribution in [-0.4, -0.2) is 82.5 Å². The molecule has 1 fully saturated rings. The van der Waals surface area contributed by atoms with E-state index in [0.717, 1.165) is 27.4 Å². The zero-order chi connectivity index (χ0) is 34.0. The third-order valence-corrected chi connectivity index (χ3v) is 9.12. The molecule has 7 N–H and O–H groups in total. The van der Waals surface area contributed by atoms with Crippen molar-refractivity contribution in [2.45, 2.75) is 37.4 Å². The quantitative estimate of drug-likeness (QED) is 0.0732. The maximum absolute atomic E-state index is 13.3. The normalized spacial score (nSPS) is 18.1. The third-order valence-electron chi connectivity index (χ3n) is 7.14. The van der Waals surface area contributed by atoms with Crippen LogP contribution in [0.2, 0.25) is 0 Å². The molecular weight excluding hydrogens is 652 g/mol. The zero-order valence-corrected chi connectivity index (χ0v) is 26.5. The Morgan fingerprint density at radius 3 is 2.51 bits per heavy atom. The zero-order valence-electron chi connectivity index (χ0n) is 24.9. The first-order chi connectivity index (χ1) is 22.2. The lowest BCUT2D eigenvalue weighted by Crippen LogP contribution is -2.71. The molecule has 0 spiro atoms. The van der Waals surface area contributed by atoms with Gasteiger partial charge in [-0.25, -0.2) is 14.6 Å². The number of nitrogens with two attached hydrogens (primary N) is 1. The van der Waals surface area contributed by atoms with Crippen LogP contribution in [0.25, 0.3) is 6.08 Å². The van der Waals surface area contributed by atoms with Gasteiger partial charge in [-0.05, 0) is 25.0 Å². The number of rotatable bonds is 11. The van der Waals surface area contributed by atoms with Gasteiger partial charge in [0.25, 0.3) is 11.8 Å². The summed E-state index contributed by atoms with van der Waals surface area (Å²) >= 11 is 2.28. The summed E-state index contributed by atoms with van der Waals surface area (Å²) in [5.41, 5.74) is 5.43. The largest absolute Gasteiger partial charge is 0.504 e. The lowest BCUT2D eigenvalue weighted by molar-refractivity contribution is -0.688. The molecule has 2 aliphatic rings. The van der Waals surface area contributed by atoms with Gasteiger partial charge in [0.2, 0.25) is 17.5 Å². The van der Waals surface area contributed by atoms with Crippen LogP contribution >= 0.6 is 23.1 Å². The number of amides is 2. The van der Waals surface area contributed by atoms with Crippen LogP contribution in [0.15, 0.2) is 70.6 Å². The lowest BCUT2D eigenvalue weighted by Gasteiger charge is -2.49. The van der Waals surface area contributed by atoms with Crippen molar-refractivity contribution >= 4 is 63.8 Å². The molecule has 2 amide bonds. The minimum atomic E-state index is -1.78. The number of fused-ring (bicyclic) bond motifs is 1. The second kappa shape index (κ2) is 13.1. The van der Waals surface area contributed by atoms with Crippen molar-refractivity contribution in [1.29, 1.82) is 0 Å². The van der Waals surface area contributed by atoms with Gasteiger partial charge >= 0.3 is 11.9 Å². The van der Waals surface area contributed by atoms with Crippen LogP contribution in [-0.2, 0) is 30.6 Å². The number of nitrogens with one attached hydrogen (secondary N) is 1. The molecule has 0 aliphatic carbocycles. The molecular formula is C30H29N6O9S2+. The molecule has 17 heteroatoms. The molecule has 15 nitrogen and oxygen atoms in total. The smallest absolute Gasteiger partial charge is 0.352 e. The Balaban J connectivity index is 1.29. The molecule has 1 aromatic carbocycles. The van der Waals surface area contributed by atoms with Crippen molar-refractivity contribution in [3.8, 4) is 11.5 Å². The number of carbonyl (C=O) groups is 4. The Morgan fingerprint density at radius 2 is 1.89 bits per heavy atom. The first-order valence-corrected chi connectivity index (χ1v) is 15.8. The van der Waals surface area contributed by atoms with E-state index in [4.69, 9.17) is 10.6 Å². The highest BCUT2D eigenvalue weighted by molar-refractivity contribution is 8.00. The highest BCUT2D eigenvalue weighted by atomic mass is 32.2. The van der Waals surface area contributed by atoms with Gasteiger partial charge in [0.15, 0.2) is 29.3 Å². The number of nitrogen functional groups attached to an aromatic ring is 1. The van der Waals surface area contributed by atoms with Gasteiger partial charge in [0, 0.05) is 22.8 Å². The van der Waals surface area contributed by atoms with Crippen molar-refractivity contribution in [2.75, 3.05) is 11.5 Å². The maximum Gasteiger partial charge on any atom is 0.352 e. The molecule has 0 bridgehead atoms. The summed E-state index contributed by atoms with van der Waals surface area (Å²) in [6, 6.07) is 7.70. The standard InChI is InChI=1S/C30H28N6O9S2/c1-30(2,28(43)44)45-34-21(18-14-47-29(31)32-18)24(39)33-22-25(40)36-23(27(41)42)17(13-46-26(22)36)8-7-15-3-5-16(6-4-15)11-35-10-9-19(37)20(38)12-35/h3-10,12,14,22,26H,11,13H2,1-2H3,(H6,31,32,33,38,39,41,42,43,44)/p+1/b8-7-,34-21-/t22-,26-/m1/s1. The van der Waals surface area contributed by atoms with Gasteiger partial charge in [-0.2, -0.15) is 4.57 Å². The molecule has 4 heterocycles. The predicted octanol–water partition coefficient (Wildman–Crippen LogP) is 1.51. The summed E-state index contributed by atoms with van der Waals surface area (Å²) in [6.45, 7) is 2.92. The average molecular weight is 682 g/mol. The van der Waals surface area contributed by atoms with Crippen LogP contribution in [0.1, 0.15) is 30.7 Å². The topological polar surface area (TPSA) is 229 Å². The number of anilines is 1. The molecule has 0 saturated carbocycles. The number of aromatic hydroxyl groups is 2. The monoisotopic (exact) mass is 681 g/mol. The number of β-lactam (4-membered cyclic amide) rings is 1. The molecule has 47 heavy (non-hydrogen) atoms. The number of aromatic nitrogens is 2. The highest BCUT2D eigenvalue weighted by Crippen LogP contribution is 2.41. The van der Waals surface area contributed by atoms with E-state index in [1.165, 1.54) is 43.3 Å². The number of hydrogen-bond acceptors (Lipinski definition) is 12. The molecule has 2 aliphatic heterocycles. The van der Waals surface area contributed by atoms with E-state index in [0.29, 0.717) is 12.1 Å². The van der Waals surface area contributed by atoms with Gasteiger partial charge in [0.1, 0.15) is 22.8 Å². The first-order valence-electron chi connectivity index (χ1n) is 13.9. The number of thioether (sulfide) groups is 1. The van der Waals surface area contributed by atoms with Gasteiger partial charge in [-0.3, -0.25) is 14.5 Å². The summed E-state index contributed by atoms with van der Waals surface area (Å²) in [5, 5.41) is 45.7. The number of thiazole rings is 1. The maximum atomic E-state index is 13.3. The molecule has 5 rings (SSSR count). The Hall–Kier alpha value is -5.42. The Labute approximate surface area is 275 Å². The van der Waals surface area contributed by atoms with E-state index in [1.54, 1.807) is 22.9 Å². The van der Waals surface area contributed by atoms with Gasteiger partial charge in [0.05, 0.1) is 0 Å². The van der Waals surface area contributed by atoms with Crippen LogP contribution in [0, 0.1) is 0 Å². The fourth-order valence-corrected chi connectivity index (χ4v) is 6.40. The average Bonchev–Trinajstić information content (AvgIpc) is 3.46. The van der Waals surface area contributed by atoms with E-state index in [-0.39, 0.29) is 33.8 Å². The van der Waals surface area contributed by atoms with Crippen molar-refractivity contribution in [2.24, 2.45) is 5.16 Å². The van der Waals surface area contributed by atoms with Crippen molar-refractivity contribution in [3.05, 3.63) is 82.3 Å². The number of pyridine rings is 1. The number of allylic oxidation sites excluding steroid dienone is 1. The number of carbonyl (C=O) groups excluding carboxylic acids is 2. The predicted molar refractivity (Wildman–Crippen MR) is 170 cm³/mol. The second-order valence-corrected chi connectivity index (χ2v) is 12.9. The first kappa shape index (κ1) is 33.0. The molecule has 1 saturated heterocycles. The number of nitrogens with zero attached hydrogens (tertiary/aromatic N) is 4. The number of carboxylic acid groups (broad SMARTS) is 2. The molecule has 244 valence electrons. The van der Waals surface area contributed by atoms with E-state index in [1.807, 2.05) is 24.3 Å². The molecule has 0 unspecified atom stereocenters. The van der Waals surface area contributed by atoms with Crippen molar-refractivity contribution in [3.63, 3.8) is 0 Å². The van der Waals surface area contributed by atoms with Gasteiger partial charge in [-0.15, -0.1) is 23.1 Å². The summed E-state index contributed by atoms with van der Waals surface area (Å²) in [5.74, 6) is -4.38. The minimum Gasteiger partial charge on any atom is -0.504 e. The van der Waals surface area contributed by atoms with Crippen molar-refractivity contribution in [1.82, 2.24) is 15.2 Å². The van der Waals surface area contributed by atoms with Crippen LogP contribution in [0.5, 0.6) is 11.5 Å². The fraction of sp³-hybridized carbons (Fsp3) is 0.233. The Morgan fingerprint density at radius 1 is 1.17 bits per heavy atom. The van der Waals surface area contributed by atoms with E-state index >= 15 is 0 Å². The van der Waals surface area contributed by atoms with Crippen LogP contribution in [0.4, 0.5) is 5.13 Å². The summed E-state index contributed by atoms with van der Waals surface area (Å²) < 4.78 is 1.70. The molecule has 3 aromatic rings. The molecule has 2 aromatic heterocycles. The lowest BCUT2D eigenvalue weighted by atomic mass is 10.0. The molecule has 2 atom stereocenters. The Bertz CT molecular complexity index is 1850. The number of aliphatic carboxylic acids is 2. The number of benzene rings is 1. The number of carboxylic acids is 2. The fourth-order valence-electron chi connectivity index (χ4n) is 4.54. The minimum absolute atomic E-state index is 0.0103. The number of hydrogen-bond donors (Lipinski definition) is 6. The SMILES string of the molecule is CC(C)(O/N=C(\C(=O)N[C@@H]1C(=O)N2C(C(=O)O)=C(/C=C\c3ccc(C[n+]4ccc(O)c(O)c4)cc3)CS[C@H]12)c1csc(N)n1)C(=O)O. The number of oxime groups is 1. The van der Waals surface area contributed by atoms with Crippen LogP contribution in [0.3, 0.4) is 0 Å². The summed E-state index contributed by atoms with van der Waals surface area (Å²) in [6.07, 6.45) is 6.40. The van der Waals surface area contributed by atoms with E-state index in [9.17, 15) is 39.6 Å². The van der Waals surface area contributed by atoms with Gasteiger partial charge < -0.3 is 36.3 Å². The Kier molecular flexibility index (Phi) is 9.21. The van der Waals surface area contributed by atoms with Crippen molar-refractivity contribution < 1.29 is 49.0 Å². The second-order valence-electron chi connectivity index (χ2n) is 10.9. The summed E-state index contributed by atoms with van der Waals surface area (Å²) in [7, 11) is 0.